The summed E-state index contributed by atoms with van der Waals surface area (Å²) in [7, 11) is 0. The first-order valence-electron chi connectivity index (χ1n) is 5.96. The topological polar surface area (TPSA) is 55.6 Å². The third-order valence-corrected chi connectivity index (χ3v) is 3.06. The van der Waals surface area contributed by atoms with Crippen molar-refractivity contribution in [2.45, 2.75) is 25.9 Å². The van der Waals surface area contributed by atoms with E-state index in [4.69, 9.17) is 10.5 Å². The molecule has 1 aromatic rings. The molecular formula is C13H18N2O2. The summed E-state index contributed by atoms with van der Waals surface area (Å²) in [5.74, 6) is 0. The van der Waals surface area contributed by atoms with Gasteiger partial charge in [-0.05, 0) is 31.5 Å². The second kappa shape index (κ2) is 5.19. The molecule has 1 heterocycles. The van der Waals surface area contributed by atoms with Crippen LogP contribution in [0.2, 0.25) is 0 Å². The van der Waals surface area contributed by atoms with Gasteiger partial charge in [-0.3, -0.25) is 4.90 Å². The zero-order valence-corrected chi connectivity index (χ0v) is 10.1. The summed E-state index contributed by atoms with van der Waals surface area (Å²) in [5, 5.41) is 0. The first-order valence-corrected chi connectivity index (χ1v) is 5.96. The van der Waals surface area contributed by atoms with Gasteiger partial charge < -0.3 is 10.5 Å². The van der Waals surface area contributed by atoms with E-state index in [-0.39, 0.29) is 12.2 Å². The first kappa shape index (κ1) is 11.9. The van der Waals surface area contributed by atoms with E-state index in [1.54, 1.807) is 4.90 Å². The summed E-state index contributed by atoms with van der Waals surface area (Å²) in [6.07, 6.45) is 1.31. The Bertz CT molecular complexity index is 406. The molecule has 1 amide bonds. The van der Waals surface area contributed by atoms with Gasteiger partial charge >= 0.3 is 6.09 Å². The number of aryl methyl sites for hydroxylation is 1. The minimum absolute atomic E-state index is 0.0206. The molecule has 4 nitrogen and oxygen atoms in total. The number of amides is 1. The number of carbonyl (C=O) groups is 1. The van der Waals surface area contributed by atoms with Crippen LogP contribution in [-0.2, 0) is 4.74 Å². The van der Waals surface area contributed by atoms with Crippen LogP contribution in [-0.4, -0.2) is 25.3 Å². The lowest BCUT2D eigenvalue weighted by molar-refractivity contribution is 0.0806. The van der Waals surface area contributed by atoms with Crippen molar-refractivity contribution in [1.82, 2.24) is 0 Å². The zero-order chi connectivity index (χ0) is 12.3. The van der Waals surface area contributed by atoms with Crippen LogP contribution in [0.15, 0.2) is 24.3 Å². The average molecular weight is 234 g/mol. The largest absolute Gasteiger partial charge is 0.446 e. The molecule has 2 rings (SSSR count). The van der Waals surface area contributed by atoms with E-state index in [1.165, 1.54) is 0 Å². The third-order valence-electron chi connectivity index (χ3n) is 3.06. The lowest BCUT2D eigenvalue weighted by atomic mass is 10.1. The Morgan fingerprint density at radius 2 is 2.24 bits per heavy atom. The van der Waals surface area contributed by atoms with E-state index in [1.807, 2.05) is 31.2 Å². The molecule has 2 N–H and O–H groups in total. The predicted octanol–water partition coefficient (Wildman–Crippen LogP) is 2.06. The van der Waals surface area contributed by atoms with Gasteiger partial charge in [0.2, 0.25) is 0 Å². The van der Waals surface area contributed by atoms with E-state index >= 15 is 0 Å². The summed E-state index contributed by atoms with van der Waals surface area (Å²) < 4.78 is 5.36. The Labute approximate surface area is 101 Å². The highest BCUT2D eigenvalue weighted by Gasteiger charge is 2.28. The van der Waals surface area contributed by atoms with Crippen LogP contribution < -0.4 is 10.6 Å². The van der Waals surface area contributed by atoms with E-state index in [0.717, 1.165) is 24.1 Å². The number of rotatable bonds is 3. The van der Waals surface area contributed by atoms with E-state index in [2.05, 4.69) is 0 Å². The predicted molar refractivity (Wildman–Crippen MR) is 67.1 cm³/mol. The number of cyclic esters (lactones) is 1. The van der Waals surface area contributed by atoms with Crippen molar-refractivity contribution in [3.05, 3.63) is 29.8 Å². The lowest BCUT2D eigenvalue weighted by Gasteiger charge is -2.32. The van der Waals surface area contributed by atoms with Crippen molar-refractivity contribution in [1.29, 1.82) is 0 Å². The molecule has 1 aliphatic heterocycles. The number of hydrogen-bond acceptors (Lipinski definition) is 3. The molecule has 1 fully saturated rings. The van der Waals surface area contributed by atoms with Crippen molar-refractivity contribution in [3.63, 3.8) is 0 Å². The van der Waals surface area contributed by atoms with Crippen LogP contribution in [0.5, 0.6) is 0 Å². The van der Waals surface area contributed by atoms with Crippen LogP contribution in [0.1, 0.15) is 18.4 Å². The molecule has 4 heteroatoms. The van der Waals surface area contributed by atoms with Gasteiger partial charge in [0.25, 0.3) is 0 Å². The van der Waals surface area contributed by atoms with Gasteiger partial charge in [-0.2, -0.15) is 0 Å². The molecule has 1 unspecified atom stereocenters. The minimum Gasteiger partial charge on any atom is -0.446 e. The van der Waals surface area contributed by atoms with Gasteiger partial charge in [-0.25, -0.2) is 4.79 Å². The fourth-order valence-corrected chi connectivity index (χ4v) is 2.10. The number of para-hydroxylation sites is 1. The first-order chi connectivity index (χ1) is 8.22. The van der Waals surface area contributed by atoms with Crippen LogP contribution in [0.3, 0.4) is 0 Å². The quantitative estimate of drug-likeness (QED) is 0.871. The molecule has 0 spiro atoms. The summed E-state index contributed by atoms with van der Waals surface area (Å²) >= 11 is 0. The molecule has 92 valence electrons. The molecule has 1 atom stereocenters. The van der Waals surface area contributed by atoms with Crippen LogP contribution in [0.25, 0.3) is 0 Å². The van der Waals surface area contributed by atoms with Gasteiger partial charge in [0.15, 0.2) is 0 Å². The highest BCUT2D eigenvalue weighted by atomic mass is 16.6. The highest BCUT2D eigenvalue weighted by Crippen LogP contribution is 2.24. The number of anilines is 1. The van der Waals surface area contributed by atoms with E-state index < -0.39 is 0 Å². The number of ether oxygens (including phenoxy) is 1. The zero-order valence-electron chi connectivity index (χ0n) is 10.1. The Morgan fingerprint density at radius 1 is 1.47 bits per heavy atom. The van der Waals surface area contributed by atoms with Gasteiger partial charge in [0, 0.05) is 18.7 Å². The lowest BCUT2D eigenvalue weighted by Crippen LogP contribution is -2.43. The molecule has 1 aliphatic rings. The number of carbonyl (C=O) groups excluding carboxylic acids is 1. The molecule has 0 radical (unpaired) electrons. The van der Waals surface area contributed by atoms with Gasteiger partial charge in [-0.15, -0.1) is 0 Å². The summed E-state index contributed by atoms with van der Waals surface area (Å²) in [6.45, 7) is 3.26. The number of nitrogens with zero attached hydrogens (tertiary/aromatic N) is 1. The summed E-state index contributed by atoms with van der Waals surface area (Å²) in [6, 6.07) is 7.83. The number of hydrogen-bond donors (Lipinski definition) is 1. The van der Waals surface area contributed by atoms with Crippen LogP contribution >= 0.6 is 0 Å². The van der Waals surface area contributed by atoms with Gasteiger partial charge in [0.05, 0.1) is 0 Å². The normalized spacial score (nSPS) is 20.2. The molecule has 17 heavy (non-hydrogen) atoms. The number of benzene rings is 1. The monoisotopic (exact) mass is 234 g/mol. The fourth-order valence-electron chi connectivity index (χ4n) is 2.10. The molecular weight excluding hydrogens is 216 g/mol. The molecule has 0 saturated carbocycles. The molecule has 1 saturated heterocycles. The molecule has 0 aliphatic carbocycles. The maximum absolute atomic E-state index is 11.9. The molecule has 0 aromatic heterocycles. The van der Waals surface area contributed by atoms with E-state index in [9.17, 15) is 4.79 Å². The van der Waals surface area contributed by atoms with Crippen LogP contribution in [0.4, 0.5) is 10.5 Å². The van der Waals surface area contributed by atoms with Crippen molar-refractivity contribution in [3.8, 4) is 0 Å². The van der Waals surface area contributed by atoms with E-state index in [0.29, 0.717) is 13.1 Å². The third kappa shape index (κ3) is 2.58. The Kier molecular flexibility index (Phi) is 3.64. The van der Waals surface area contributed by atoms with Crippen molar-refractivity contribution >= 4 is 11.8 Å². The SMILES string of the molecule is Cc1ccccc1N1CCC(CCN)OC1=O. The average Bonchev–Trinajstić information content (AvgIpc) is 2.31. The smallest absolute Gasteiger partial charge is 0.414 e. The molecule has 0 bridgehead atoms. The van der Waals surface area contributed by atoms with Gasteiger partial charge in [0.1, 0.15) is 6.10 Å². The molecule has 1 aromatic carbocycles. The maximum atomic E-state index is 11.9. The standard InChI is InChI=1S/C13H18N2O2/c1-10-4-2-3-5-12(10)15-9-7-11(6-8-14)17-13(15)16/h2-5,11H,6-9,14H2,1H3. The number of nitrogens with two attached hydrogens (primary N) is 1. The van der Waals surface area contributed by atoms with Crippen molar-refractivity contribution in [2.24, 2.45) is 5.73 Å². The summed E-state index contributed by atoms with van der Waals surface area (Å²) in [4.78, 5) is 13.6. The fraction of sp³-hybridized carbons (Fsp3) is 0.462. The second-order valence-corrected chi connectivity index (χ2v) is 4.31. The van der Waals surface area contributed by atoms with Gasteiger partial charge in [-0.1, -0.05) is 18.2 Å². The van der Waals surface area contributed by atoms with Crippen LogP contribution in [0, 0.1) is 6.92 Å². The Hall–Kier alpha value is -1.55. The maximum Gasteiger partial charge on any atom is 0.414 e. The summed E-state index contributed by atoms with van der Waals surface area (Å²) in [5.41, 5.74) is 7.49. The Morgan fingerprint density at radius 3 is 2.88 bits per heavy atom. The Balaban J connectivity index is 2.10. The highest BCUT2D eigenvalue weighted by molar-refractivity contribution is 5.89. The second-order valence-electron chi connectivity index (χ2n) is 4.31. The van der Waals surface area contributed by atoms with Crippen molar-refractivity contribution in [2.75, 3.05) is 18.0 Å². The van der Waals surface area contributed by atoms with Crippen molar-refractivity contribution < 1.29 is 9.53 Å². The minimum atomic E-state index is -0.260.